The molecular weight excluding hydrogens is 573 g/mol. The molecular formula is C32H39F3N6O3. The second-order valence-electron chi connectivity index (χ2n) is 12.8. The number of ether oxygens (including phenoxy) is 1. The summed E-state index contributed by atoms with van der Waals surface area (Å²) in [6.07, 6.45) is 2.81. The first-order valence-corrected chi connectivity index (χ1v) is 15.0. The number of piperazine rings is 1. The highest BCUT2D eigenvalue weighted by Gasteiger charge is 2.34. The lowest BCUT2D eigenvalue weighted by molar-refractivity contribution is -0.121. The first kappa shape index (κ1) is 31.5. The zero-order valence-corrected chi connectivity index (χ0v) is 25.7. The number of hydrogen-bond acceptors (Lipinski definition) is 6. The minimum atomic E-state index is -1.52. The zero-order chi connectivity index (χ0) is 31.8. The molecule has 2 heterocycles. The predicted molar refractivity (Wildman–Crippen MR) is 157 cm³/mol. The lowest BCUT2D eigenvalue weighted by atomic mass is 10.0. The Kier molecular flexibility index (Phi) is 9.01. The van der Waals surface area contributed by atoms with Crippen LogP contribution in [0.1, 0.15) is 75.9 Å². The quantitative estimate of drug-likeness (QED) is 0.367. The number of nitrogens with one attached hydrogen (secondary N) is 1. The van der Waals surface area contributed by atoms with Crippen LogP contribution in [0.2, 0.25) is 0 Å². The van der Waals surface area contributed by atoms with Crippen molar-refractivity contribution in [2.75, 3.05) is 13.1 Å². The van der Waals surface area contributed by atoms with Crippen molar-refractivity contribution in [3.05, 3.63) is 76.4 Å². The second-order valence-corrected chi connectivity index (χ2v) is 12.8. The molecule has 236 valence electrons. The van der Waals surface area contributed by atoms with E-state index >= 15 is 0 Å². The maximum atomic E-state index is 14.4. The van der Waals surface area contributed by atoms with Crippen molar-refractivity contribution in [1.29, 1.82) is 0 Å². The molecule has 2 aliphatic rings. The summed E-state index contributed by atoms with van der Waals surface area (Å²) in [5.74, 6) is -4.28. The van der Waals surface area contributed by atoms with Crippen molar-refractivity contribution in [3.63, 3.8) is 0 Å². The van der Waals surface area contributed by atoms with E-state index in [1.807, 2.05) is 51.2 Å². The van der Waals surface area contributed by atoms with E-state index in [1.54, 1.807) is 9.58 Å². The van der Waals surface area contributed by atoms with Crippen molar-refractivity contribution in [1.82, 2.24) is 30.1 Å². The molecule has 1 aliphatic heterocycles. The average Bonchev–Trinajstić information content (AvgIpc) is 3.58. The highest BCUT2D eigenvalue weighted by Crippen LogP contribution is 2.35. The van der Waals surface area contributed by atoms with Gasteiger partial charge in [0, 0.05) is 43.7 Å². The summed E-state index contributed by atoms with van der Waals surface area (Å²) < 4.78 is 49.2. The van der Waals surface area contributed by atoms with Crippen LogP contribution in [0.15, 0.2) is 36.5 Å². The van der Waals surface area contributed by atoms with Crippen molar-refractivity contribution >= 4 is 12.0 Å². The average molecular weight is 613 g/mol. The molecule has 2 amide bonds. The molecule has 1 saturated heterocycles. The molecule has 2 aromatic carbocycles. The van der Waals surface area contributed by atoms with Gasteiger partial charge in [0.15, 0.2) is 17.5 Å². The van der Waals surface area contributed by atoms with Crippen LogP contribution >= 0.6 is 0 Å². The normalized spacial score (nSPS) is 20.5. The second kappa shape index (κ2) is 12.6. The van der Waals surface area contributed by atoms with Crippen LogP contribution in [-0.2, 0) is 28.9 Å². The number of carbonyl (C=O) groups is 2. The van der Waals surface area contributed by atoms with Gasteiger partial charge in [0.05, 0.1) is 23.6 Å². The molecule has 3 aromatic rings. The Morgan fingerprint density at radius 3 is 2.48 bits per heavy atom. The van der Waals surface area contributed by atoms with Gasteiger partial charge in [-0.25, -0.2) is 22.6 Å². The number of aromatic nitrogens is 3. The molecule has 0 spiro atoms. The van der Waals surface area contributed by atoms with E-state index < -0.39 is 29.1 Å². The molecule has 0 radical (unpaired) electrons. The van der Waals surface area contributed by atoms with Gasteiger partial charge in [0.2, 0.25) is 5.91 Å². The fraction of sp³-hybridized carbons (Fsp3) is 0.500. The van der Waals surface area contributed by atoms with E-state index in [2.05, 4.69) is 34.4 Å². The standard InChI is InChI=1S/C32H39F3N6O3/c1-19-15-39(31(43)44-32(3,4)5)16-20(2)40(19)17-23-18-41(38-37-23)26-9-7-6-8-21(26)11-13-27(42)36-25-12-10-22-14-24(33)29(34)30(35)28(22)25/h6-9,14,18-20,25H,10-13,15-17H2,1-5H3,(H,36,42)/t19-,20+,25?. The molecule has 1 aromatic heterocycles. The number of hydrogen-bond donors (Lipinski definition) is 1. The molecule has 1 N–H and O–H groups in total. The van der Waals surface area contributed by atoms with Crippen molar-refractivity contribution in [2.24, 2.45) is 0 Å². The van der Waals surface area contributed by atoms with Gasteiger partial charge in [-0.05, 0) is 77.1 Å². The fourth-order valence-electron chi connectivity index (χ4n) is 6.11. The number of amides is 2. The van der Waals surface area contributed by atoms with Crippen LogP contribution in [0.25, 0.3) is 5.69 Å². The lowest BCUT2D eigenvalue weighted by Gasteiger charge is -2.44. The molecule has 0 bridgehead atoms. The van der Waals surface area contributed by atoms with Gasteiger partial charge in [-0.1, -0.05) is 23.4 Å². The topological polar surface area (TPSA) is 92.6 Å². The van der Waals surface area contributed by atoms with E-state index in [0.717, 1.165) is 23.0 Å². The Balaban J connectivity index is 1.20. The fourth-order valence-corrected chi connectivity index (χ4v) is 6.11. The van der Waals surface area contributed by atoms with Crippen molar-refractivity contribution < 1.29 is 27.5 Å². The summed E-state index contributed by atoms with van der Waals surface area (Å²) in [5.41, 5.74) is 2.29. The summed E-state index contributed by atoms with van der Waals surface area (Å²) in [4.78, 5) is 29.5. The predicted octanol–water partition coefficient (Wildman–Crippen LogP) is 5.25. The summed E-state index contributed by atoms with van der Waals surface area (Å²) in [6.45, 7) is 11.4. The van der Waals surface area contributed by atoms with Crippen molar-refractivity contribution in [3.8, 4) is 5.69 Å². The Morgan fingerprint density at radius 1 is 1.07 bits per heavy atom. The van der Waals surface area contributed by atoms with Gasteiger partial charge in [-0.2, -0.15) is 0 Å². The number of halogens is 3. The van der Waals surface area contributed by atoms with Gasteiger partial charge in [0.25, 0.3) is 0 Å². The Bertz CT molecular complexity index is 1530. The van der Waals surface area contributed by atoms with Gasteiger partial charge >= 0.3 is 6.09 Å². The minimum Gasteiger partial charge on any atom is -0.444 e. The third-order valence-corrected chi connectivity index (χ3v) is 8.17. The number of fused-ring (bicyclic) bond motifs is 1. The molecule has 1 fully saturated rings. The van der Waals surface area contributed by atoms with Crippen LogP contribution in [0.4, 0.5) is 18.0 Å². The van der Waals surface area contributed by atoms with Crippen LogP contribution in [-0.4, -0.2) is 67.6 Å². The minimum absolute atomic E-state index is 0.0303. The van der Waals surface area contributed by atoms with Crippen LogP contribution in [0.3, 0.4) is 0 Å². The van der Waals surface area contributed by atoms with E-state index in [1.165, 1.54) is 0 Å². The summed E-state index contributed by atoms with van der Waals surface area (Å²) in [5, 5.41) is 11.5. The number of para-hydroxylation sites is 1. The lowest BCUT2D eigenvalue weighted by Crippen LogP contribution is -2.58. The molecule has 3 atom stereocenters. The third kappa shape index (κ3) is 6.90. The van der Waals surface area contributed by atoms with Gasteiger partial charge < -0.3 is 15.0 Å². The van der Waals surface area contributed by atoms with E-state index in [4.69, 9.17) is 4.74 Å². The summed E-state index contributed by atoms with van der Waals surface area (Å²) in [7, 11) is 0. The van der Waals surface area contributed by atoms with Crippen LogP contribution in [0, 0.1) is 17.5 Å². The Labute approximate surface area is 255 Å². The van der Waals surface area contributed by atoms with Crippen molar-refractivity contribution in [2.45, 2.75) is 90.6 Å². The van der Waals surface area contributed by atoms with Gasteiger partial charge in [0.1, 0.15) is 5.60 Å². The largest absolute Gasteiger partial charge is 0.444 e. The first-order valence-electron chi connectivity index (χ1n) is 15.0. The van der Waals surface area contributed by atoms with E-state index in [-0.39, 0.29) is 36.1 Å². The molecule has 1 aliphatic carbocycles. The highest BCUT2D eigenvalue weighted by molar-refractivity contribution is 5.77. The maximum absolute atomic E-state index is 14.4. The molecule has 0 saturated carbocycles. The van der Waals surface area contributed by atoms with E-state index in [0.29, 0.717) is 44.5 Å². The number of aryl methyl sites for hydroxylation is 2. The molecule has 12 heteroatoms. The highest BCUT2D eigenvalue weighted by atomic mass is 19.2. The van der Waals surface area contributed by atoms with Crippen LogP contribution < -0.4 is 5.32 Å². The molecule has 5 rings (SSSR count). The SMILES string of the molecule is C[C@@H]1CN(C(=O)OC(C)(C)C)C[C@H](C)N1Cc1cn(-c2ccccc2CCC(=O)NC2CCc3cc(F)c(F)c(F)c32)nn1. The Morgan fingerprint density at radius 2 is 1.77 bits per heavy atom. The van der Waals surface area contributed by atoms with E-state index in [9.17, 15) is 22.8 Å². The smallest absolute Gasteiger partial charge is 0.410 e. The summed E-state index contributed by atoms with van der Waals surface area (Å²) >= 11 is 0. The van der Waals surface area contributed by atoms with Gasteiger partial charge in [-0.3, -0.25) is 9.69 Å². The monoisotopic (exact) mass is 612 g/mol. The molecule has 9 nitrogen and oxygen atoms in total. The van der Waals surface area contributed by atoms with Crippen LogP contribution in [0.5, 0.6) is 0 Å². The van der Waals surface area contributed by atoms with Gasteiger partial charge in [-0.15, -0.1) is 5.10 Å². The number of rotatable bonds is 7. The number of benzene rings is 2. The number of nitrogens with zero attached hydrogens (tertiary/aromatic N) is 5. The Hall–Kier alpha value is -3.93. The molecule has 1 unspecified atom stereocenters. The summed E-state index contributed by atoms with van der Waals surface area (Å²) in [6, 6.07) is 8.04. The zero-order valence-electron chi connectivity index (χ0n) is 25.7. The first-order chi connectivity index (χ1) is 20.8. The maximum Gasteiger partial charge on any atom is 0.410 e. The third-order valence-electron chi connectivity index (χ3n) is 8.17. The number of carbonyl (C=O) groups excluding carboxylic acids is 2. The molecule has 44 heavy (non-hydrogen) atoms.